The Kier molecular flexibility index (Phi) is 14.2. The van der Waals surface area contributed by atoms with E-state index in [4.69, 9.17) is 0 Å². The molecule has 0 aromatic carbocycles. The Hall–Kier alpha value is -0.400. The van der Waals surface area contributed by atoms with Crippen LogP contribution in [0.15, 0.2) is 10.2 Å². The zero-order valence-electron chi connectivity index (χ0n) is 11.4. The molecule has 2 heteroatoms. The predicted octanol–water partition coefficient (Wildman–Crippen LogP) is 5.38. The van der Waals surface area contributed by atoms with E-state index in [1.165, 1.54) is 77.0 Å². The summed E-state index contributed by atoms with van der Waals surface area (Å²) in [7, 11) is 3.28. The van der Waals surface area contributed by atoms with Gasteiger partial charge in [-0.3, -0.25) is 0 Å². The molecule has 0 atom stereocenters. The van der Waals surface area contributed by atoms with E-state index in [2.05, 4.69) is 10.2 Å². The first-order valence-electron chi connectivity index (χ1n) is 7.09. The predicted molar refractivity (Wildman–Crippen MR) is 72.1 cm³/mol. The molecule has 2 aliphatic rings. The molecule has 0 radical (unpaired) electrons. The maximum absolute atomic E-state index is 3.36. The van der Waals surface area contributed by atoms with Crippen LogP contribution in [0.5, 0.6) is 0 Å². The SMILES string of the molecule is C1CCCCC1.C1CCCCC1.CN=NC. The van der Waals surface area contributed by atoms with Gasteiger partial charge in [0.1, 0.15) is 0 Å². The van der Waals surface area contributed by atoms with Crippen LogP contribution in [0.4, 0.5) is 0 Å². The Morgan fingerprint density at radius 1 is 0.375 bits per heavy atom. The van der Waals surface area contributed by atoms with E-state index < -0.39 is 0 Å². The molecule has 16 heavy (non-hydrogen) atoms. The number of hydrogen-bond donors (Lipinski definition) is 0. The molecule has 0 heterocycles. The third-order valence-corrected chi connectivity index (χ3v) is 3.20. The fourth-order valence-electron chi connectivity index (χ4n) is 2.12. The molecule has 96 valence electrons. The van der Waals surface area contributed by atoms with Gasteiger partial charge in [0.25, 0.3) is 0 Å². The number of nitrogens with zero attached hydrogens (tertiary/aromatic N) is 2. The second kappa shape index (κ2) is 14.6. The van der Waals surface area contributed by atoms with Crippen LogP contribution in [-0.2, 0) is 0 Å². The summed E-state index contributed by atoms with van der Waals surface area (Å²) in [6, 6.07) is 0. The lowest BCUT2D eigenvalue weighted by molar-refractivity contribution is 0.504. The molecule has 2 fully saturated rings. The van der Waals surface area contributed by atoms with Gasteiger partial charge in [0.2, 0.25) is 0 Å². The summed E-state index contributed by atoms with van der Waals surface area (Å²) >= 11 is 0. The molecule has 2 rings (SSSR count). The number of hydrogen-bond acceptors (Lipinski definition) is 2. The molecule has 0 aliphatic heterocycles. The Morgan fingerprint density at radius 2 is 0.500 bits per heavy atom. The van der Waals surface area contributed by atoms with Crippen molar-refractivity contribution in [3.8, 4) is 0 Å². The second-order valence-corrected chi connectivity index (χ2v) is 4.64. The fraction of sp³-hybridized carbons (Fsp3) is 1.00. The van der Waals surface area contributed by atoms with Crippen LogP contribution in [0.25, 0.3) is 0 Å². The summed E-state index contributed by atoms with van der Waals surface area (Å²) in [4.78, 5) is 0. The van der Waals surface area contributed by atoms with Gasteiger partial charge in [-0.2, -0.15) is 10.2 Å². The Bertz CT molecular complexity index is 96.7. The highest BCUT2D eigenvalue weighted by atomic mass is 15.0. The molecule has 0 saturated heterocycles. The lowest BCUT2D eigenvalue weighted by Crippen LogP contribution is -1.85. The van der Waals surface area contributed by atoms with Crippen molar-refractivity contribution in [2.45, 2.75) is 77.0 Å². The fourth-order valence-corrected chi connectivity index (χ4v) is 2.12. The van der Waals surface area contributed by atoms with Crippen molar-refractivity contribution in [2.24, 2.45) is 10.2 Å². The van der Waals surface area contributed by atoms with Crippen molar-refractivity contribution in [2.75, 3.05) is 14.1 Å². The second-order valence-electron chi connectivity index (χ2n) is 4.64. The van der Waals surface area contributed by atoms with Gasteiger partial charge in [-0.05, 0) is 0 Å². The molecule has 2 saturated carbocycles. The van der Waals surface area contributed by atoms with Crippen LogP contribution >= 0.6 is 0 Å². The van der Waals surface area contributed by atoms with Crippen LogP contribution in [0, 0.1) is 0 Å². The van der Waals surface area contributed by atoms with Crippen molar-refractivity contribution < 1.29 is 0 Å². The van der Waals surface area contributed by atoms with Gasteiger partial charge in [0.15, 0.2) is 0 Å². The lowest BCUT2D eigenvalue weighted by atomic mass is 10.0. The van der Waals surface area contributed by atoms with E-state index >= 15 is 0 Å². The van der Waals surface area contributed by atoms with Gasteiger partial charge in [-0.1, -0.05) is 77.0 Å². The van der Waals surface area contributed by atoms with E-state index in [-0.39, 0.29) is 0 Å². The third kappa shape index (κ3) is 13.6. The monoisotopic (exact) mass is 226 g/mol. The third-order valence-electron chi connectivity index (χ3n) is 3.20. The first kappa shape index (κ1) is 15.6. The molecule has 0 bridgehead atoms. The molecule has 0 aromatic heterocycles. The Morgan fingerprint density at radius 3 is 0.562 bits per heavy atom. The highest BCUT2D eigenvalue weighted by molar-refractivity contribution is 4.51. The van der Waals surface area contributed by atoms with Gasteiger partial charge >= 0.3 is 0 Å². The highest BCUT2D eigenvalue weighted by Crippen LogP contribution is 2.15. The highest BCUT2D eigenvalue weighted by Gasteiger charge is 1.96. The smallest absolute Gasteiger partial charge is 0.0487 e. The van der Waals surface area contributed by atoms with Crippen molar-refractivity contribution in [1.29, 1.82) is 0 Å². The number of rotatable bonds is 0. The maximum atomic E-state index is 3.36. The standard InChI is InChI=1S/2C6H12.C2H6N2/c2*1-2-4-6-5-3-1;1-3-4-2/h2*1-6H2;1-2H3. The van der Waals surface area contributed by atoms with Gasteiger partial charge in [-0.15, -0.1) is 0 Å². The summed E-state index contributed by atoms with van der Waals surface area (Å²) < 4.78 is 0. The van der Waals surface area contributed by atoms with Crippen molar-refractivity contribution in [3.05, 3.63) is 0 Å². The molecule has 0 amide bonds. The zero-order chi connectivity index (χ0) is 11.9. The van der Waals surface area contributed by atoms with Crippen LogP contribution in [-0.4, -0.2) is 14.1 Å². The van der Waals surface area contributed by atoms with E-state index in [0.717, 1.165) is 0 Å². The molecule has 0 spiro atoms. The van der Waals surface area contributed by atoms with Gasteiger partial charge in [-0.25, -0.2) is 0 Å². The van der Waals surface area contributed by atoms with Crippen LogP contribution in [0.2, 0.25) is 0 Å². The zero-order valence-corrected chi connectivity index (χ0v) is 11.4. The molecule has 0 N–H and O–H groups in total. The summed E-state index contributed by atoms with van der Waals surface area (Å²) in [5.74, 6) is 0. The summed E-state index contributed by atoms with van der Waals surface area (Å²) in [6.45, 7) is 0. The van der Waals surface area contributed by atoms with Gasteiger partial charge < -0.3 is 0 Å². The van der Waals surface area contributed by atoms with Crippen molar-refractivity contribution in [3.63, 3.8) is 0 Å². The maximum Gasteiger partial charge on any atom is 0.0487 e. The molecule has 0 aromatic rings. The number of azo groups is 1. The Balaban J connectivity index is 0.000000217. The molecule has 2 nitrogen and oxygen atoms in total. The normalized spacial score (nSPS) is 20.4. The topological polar surface area (TPSA) is 24.7 Å². The molecule has 2 aliphatic carbocycles. The molecule has 0 unspecified atom stereocenters. The van der Waals surface area contributed by atoms with E-state index in [1.54, 1.807) is 14.1 Å². The summed E-state index contributed by atoms with van der Waals surface area (Å²) in [5, 5.41) is 6.72. The van der Waals surface area contributed by atoms with Gasteiger partial charge in [0.05, 0.1) is 0 Å². The molecular formula is C14H30N2. The van der Waals surface area contributed by atoms with E-state index in [0.29, 0.717) is 0 Å². The first-order valence-corrected chi connectivity index (χ1v) is 7.09. The lowest BCUT2D eigenvalue weighted by Gasteiger charge is -2.05. The van der Waals surface area contributed by atoms with E-state index in [1.807, 2.05) is 0 Å². The minimum Gasteiger partial charge on any atom is -0.198 e. The van der Waals surface area contributed by atoms with Crippen molar-refractivity contribution in [1.82, 2.24) is 0 Å². The van der Waals surface area contributed by atoms with Crippen LogP contribution in [0.3, 0.4) is 0 Å². The largest absolute Gasteiger partial charge is 0.198 e. The Labute approximate surface area is 102 Å². The minimum atomic E-state index is 1.50. The van der Waals surface area contributed by atoms with Gasteiger partial charge in [0, 0.05) is 14.1 Å². The average Bonchev–Trinajstić information content (AvgIpc) is 2.44. The quantitative estimate of drug-likeness (QED) is 0.495. The average molecular weight is 226 g/mol. The minimum absolute atomic E-state index is 1.50. The summed E-state index contributed by atoms with van der Waals surface area (Å²) in [6.07, 6.45) is 18.0. The van der Waals surface area contributed by atoms with Crippen molar-refractivity contribution >= 4 is 0 Å². The molecular weight excluding hydrogens is 196 g/mol. The first-order chi connectivity index (χ1) is 7.91. The van der Waals surface area contributed by atoms with Crippen LogP contribution in [0.1, 0.15) is 77.0 Å². The van der Waals surface area contributed by atoms with E-state index in [9.17, 15) is 0 Å². The van der Waals surface area contributed by atoms with Crippen LogP contribution < -0.4 is 0 Å². The summed E-state index contributed by atoms with van der Waals surface area (Å²) in [5.41, 5.74) is 0.